The Kier molecular flexibility index (Phi) is 7.23. The summed E-state index contributed by atoms with van der Waals surface area (Å²) in [6.07, 6.45) is 0. The van der Waals surface area contributed by atoms with E-state index in [0.29, 0.717) is 17.5 Å². The lowest BCUT2D eigenvalue weighted by Crippen LogP contribution is -2.02. The number of rotatable bonds is 4. The summed E-state index contributed by atoms with van der Waals surface area (Å²) in [5.74, 6) is 1.92. The van der Waals surface area contributed by atoms with Crippen molar-refractivity contribution < 1.29 is 0 Å². The number of benzene rings is 11. The molecule has 3 heteroatoms. The van der Waals surface area contributed by atoms with Gasteiger partial charge >= 0.3 is 0 Å². The molecule has 58 heavy (non-hydrogen) atoms. The first-order valence-corrected chi connectivity index (χ1v) is 19.8. The molecule has 12 aromatic rings. The third-order valence-corrected chi connectivity index (χ3v) is 11.9. The molecule has 0 aliphatic rings. The van der Waals surface area contributed by atoms with Crippen LogP contribution in [0, 0.1) is 0 Å². The molecule has 0 radical (unpaired) electrons. The van der Waals surface area contributed by atoms with Gasteiger partial charge in [-0.15, -0.1) is 0 Å². The smallest absolute Gasteiger partial charge is 0.164 e. The molecule has 0 amide bonds. The summed E-state index contributed by atoms with van der Waals surface area (Å²) in [7, 11) is 0. The molecule has 1 heterocycles. The number of fused-ring (bicyclic) bond motifs is 11. The van der Waals surface area contributed by atoms with E-state index in [1.54, 1.807) is 0 Å². The summed E-state index contributed by atoms with van der Waals surface area (Å²) < 4.78 is 0. The lowest BCUT2D eigenvalue weighted by atomic mass is 9.90. The molecule has 0 N–H and O–H groups in total. The summed E-state index contributed by atoms with van der Waals surface area (Å²) in [6, 6.07) is 71.7. The predicted molar refractivity (Wildman–Crippen MR) is 244 cm³/mol. The van der Waals surface area contributed by atoms with Gasteiger partial charge in [0, 0.05) is 16.7 Å². The molecule has 0 saturated carbocycles. The van der Waals surface area contributed by atoms with Crippen LogP contribution in [0.15, 0.2) is 200 Å². The van der Waals surface area contributed by atoms with Crippen LogP contribution in [0.5, 0.6) is 0 Å². The Labute approximate surface area is 334 Å². The van der Waals surface area contributed by atoms with Gasteiger partial charge in [0.25, 0.3) is 0 Å². The summed E-state index contributed by atoms with van der Waals surface area (Å²) in [5, 5.41) is 16.7. The second-order valence-corrected chi connectivity index (χ2v) is 15.1. The Morgan fingerprint density at radius 2 is 0.603 bits per heavy atom. The van der Waals surface area contributed by atoms with E-state index in [4.69, 9.17) is 15.0 Å². The van der Waals surface area contributed by atoms with Gasteiger partial charge in [0.1, 0.15) is 0 Å². The summed E-state index contributed by atoms with van der Waals surface area (Å²) >= 11 is 0. The molecule has 0 aliphatic carbocycles. The molecule has 0 atom stereocenters. The zero-order chi connectivity index (χ0) is 38.2. The molecule has 0 saturated heterocycles. The van der Waals surface area contributed by atoms with E-state index in [-0.39, 0.29) is 0 Å². The van der Waals surface area contributed by atoms with Gasteiger partial charge in [0.2, 0.25) is 0 Å². The third kappa shape index (κ3) is 5.04. The maximum Gasteiger partial charge on any atom is 0.164 e. The first-order valence-electron chi connectivity index (χ1n) is 19.8. The quantitative estimate of drug-likeness (QED) is 0.169. The van der Waals surface area contributed by atoms with Crippen molar-refractivity contribution in [3.8, 4) is 45.3 Å². The number of hydrogen-bond acceptors (Lipinski definition) is 3. The van der Waals surface area contributed by atoms with Crippen LogP contribution in [0.3, 0.4) is 0 Å². The van der Waals surface area contributed by atoms with Crippen molar-refractivity contribution >= 4 is 75.4 Å². The van der Waals surface area contributed by atoms with Crippen LogP contribution >= 0.6 is 0 Å². The molecule has 12 rings (SSSR count). The van der Waals surface area contributed by atoms with E-state index < -0.39 is 0 Å². The van der Waals surface area contributed by atoms with Crippen LogP contribution in [0.4, 0.5) is 0 Å². The van der Waals surface area contributed by atoms with Gasteiger partial charge < -0.3 is 0 Å². The fourth-order valence-corrected chi connectivity index (χ4v) is 9.23. The lowest BCUT2D eigenvalue weighted by molar-refractivity contribution is 1.08. The zero-order valence-electron chi connectivity index (χ0n) is 31.4. The largest absolute Gasteiger partial charge is 0.208 e. The van der Waals surface area contributed by atoms with Crippen LogP contribution in [0.1, 0.15) is 0 Å². The highest BCUT2D eigenvalue weighted by Gasteiger charge is 2.20. The van der Waals surface area contributed by atoms with E-state index >= 15 is 0 Å². The van der Waals surface area contributed by atoms with Crippen molar-refractivity contribution in [3.05, 3.63) is 200 Å². The van der Waals surface area contributed by atoms with Crippen molar-refractivity contribution in [2.45, 2.75) is 0 Å². The third-order valence-electron chi connectivity index (χ3n) is 11.9. The summed E-state index contributed by atoms with van der Waals surface area (Å²) in [6.45, 7) is 0. The minimum atomic E-state index is 0.633. The van der Waals surface area contributed by atoms with Crippen LogP contribution in [0.25, 0.3) is 121 Å². The summed E-state index contributed by atoms with van der Waals surface area (Å²) in [4.78, 5) is 16.2. The Morgan fingerprint density at radius 3 is 1.33 bits per heavy atom. The van der Waals surface area contributed by atoms with Gasteiger partial charge in [0.05, 0.1) is 0 Å². The Bertz CT molecular complexity index is 3640. The summed E-state index contributed by atoms with van der Waals surface area (Å²) in [5.41, 5.74) is 5.12. The molecule has 1 aromatic heterocycles. The molecular formula is C55H33N3. The van der Waals surface area contributed by atoms with E-state index in [1.165, 1.54) is 59.2 Å². The van der Waals surface area contributed by atoms with Crippen LogP contribution in [-0.2, 0) is 0 Å². The van der Waals surface area contributed by atoms with Gasteiger partial charge in [-0.1, -0.05) is 194 Å². The van der Waals surface area contributed by atoms with Gasteiger partial charge in [-0.05, 0) is 92.6 Å². The lowest BCUT2D eigenvalue weighted by Gasteiger charge is -2.16. The number of aromatic nitrogens is 3. The Balaban J connectivity index is 1.16. The molecule has 0 bridgehead atoms. The average molecular weight is 736 g/mol. The molecule has 3 nitrogen and oxygen atoms in total. The first-order chi connectivity index (χ1) is 28.8. The van der Waals surface area contributed by atoms with Gasteiger partial charge in [-0.2, -0.15) is 0 Å². The van der Waals surface area contributed by atoms with E-state index in [9.17, 15) is 0 Å². The highest BCUT2D eigenvalue weighted by molar-refractivity contribution is 6.21. The van der Waals surface area contributed by atoms with Crippen LogP contribution in [-0.4, -0.2) is 15.0 Å². The topological polar surface area (TPSA) is 38.7 Å². The second-order valence-electron chi connectivity index (χ2n) is 15.1. The van der Waals surface area contributed by atoms with Crippen molar-refractivity contribution in [1.29, 1.82) is 0 Å². The van der Waals surface area contributed by atoms with Gasteiger partial charge in [0.15, 0.2) is 17.5 Å². The number of nitrogens with zero attached hydrogens (tertiary/aromatic N) is 3. The normalized spacial score (nSPS) is 11.8. The standard InChI is InChI=1S/C55H33N3/c1-4-17-38-34(13-1)27-30-46-42(38)24-12-26-50(46)54-56-53(57-55(58-54)51-33-37-15-3-6-19-40(37)41-20-7-8-21-43(41)51)49-23-10-9-22-44(49)47-25-11-16-36-29-31-45-39-18-5-2-14-35(39)28-32-48(45)52(36)47/h1-33H. The zero-order valence-corrected chi connectivity index (χ0v) is 31.4. The minimum Gasteiger partial charge on any atom is -0.208 e. The molecule has 0 spiro atoms. The van der Waals surface area contributed by atoms with Crippen molar-refractivity contribution in [2.75, 3.05) is 0 Å². The van der Waals surface area contributed by atoms with E-state index in [0.717, 1.165) is 44.0 Å². The monoisotopic (exact) mass is 735 g/mol. The fraction of sp³-hybridized carbons (Fsp3) is 0. The van der Waals surface area contributed by atoms with Crippen LogP contribution in [0.2, 0.25) is 0 Å². The highest BCUT2D eigenvalue weighted by Crippen LogP contribution is 2.42. The van der Waals surface area contributed by atoms with Crippen molar-refractivity contribution in [2.24, 2.45) is 0 Å². The molecule has 0 unspecified atom stereocenters. The maximum absolute atomic E-state index is 5.43. The highest BCUT2D eigenvalue weighted by atomic mass is 15.0. The fourth-order valence-electron chi connectivity index (χ4n) is 9.23. The SMILES string of the molecule is c1ccc(-c2cccc3ccc4c5ccccc5ccc4c23)c(-c2nc(-c3cccc4c3ccc3ccccc34)nc(-c3cc4ccccc4c4ccccc34)n2)c1. The van der Waals surface area contributed by atoms with Gasteiger partial charge in [-0.3, -0.25) is 0 Å². The maximum atomic E-state index is 5.43. The molecular weight excluding hydrogens is 703 g/mol. The minimum absolute atomic E-state index is 0.633. The second kappa shape index (κ2) is 12.9. The van der Waals surface area contributed by atoms with Crippen molar-refractivity contribution in [3.63, 3.8) is 0 Å². The number of hydrogen-bond donors (Lipinski definition) is 0. The van der Waals surface area contributed by atoms with Gasteiger partial charge in [-0.25, -0.2) is 15.0 Å². The first kappa shape index (κ1) is 32.5. The molecule has 11 aromatic carbocycles. The predicted octanol–water partition coefficient (Wildman–Crippen LogP) is 14.6. The molecule has 0 fully saturated rings. The van der Waals surface area contributed by atoms with E-state index in [2.05, 4.69) is 200 Å². The Morgan fingerprint density at radius 1 is 0.207 bits per heavy atom. The molecule has 0 aliphatic heterocycles. The Hall–Kier alpha value is -7.75. The average Bonchev–Trinajstić information content (AvgIpc) is 3.30. The van der Waals surface area contributed by atoms with Crippen molar-refractivity contribution in [1.82, 2.24) is 15.0 Å². The van der Waals surface area contributed by atoms with Crippen LogP contribution < -0.4 is 0 Å². The molecule has 268 valence electrons. The van der Waals surface area contributed by atoms with E-state index in [1.807, 2.05) is 0 Å².